The van der Waals surface area contributed by atoms with Gasteiger partial charge in [-0.3, -0.25) is 0 Å². The molecule has 4 heteroatoms. The molecule has 1 aromatic heterocycles. The predicted molar refractivity (Wildman–Crippen MR) is 47.9 cm³/mol. The van der Waals surface area contributed by atoms with E-state index in [0.717, 1.165) is 5.69 Å². The fourth-order valence-electron chi connectivity index (χ4n) is 1.09. The first-order valence-electron chi connectivity index (χ1n) is 3.81. The maximum absolute atomic E-state index is 12.6. The molecule has 2 aromatic rings. The van der Waals surface area contributed by atoms with Gasteiger partial charge in [0.2, 0.25) is 0 Å². The standard InChI is InChI=1S/C9H8FN3/c10-7-1-3-8(4-2-7)13-5-9(11)12-6-13/h1-6H,11H2. The number of halogens is 1. The van der Waals surface area contributed by atoms with Crippen molar-refractivity contribution < 1.29 is 4.39 Å². The molecule has 0 atom stereocenters. The van der Waals surface area contributed by atoms with Gasteiger partial charge in [0.1, 0.15) is 18.0 Å². The average molecular weight is 177 g/mol. The Balaban J connectivity index is 2.41. The highest BCUT2D eigenvalue weighted by atomic mass is 19.1. The Morgan fingerprint density at radius 1 is 1.23 bits per heavy atom. The van der Waals surface area contributed by atoms with Gasteiger partial charge in [-0.15, -0.1) is 0 Å². The zero-order valence-electron chi connectivity index (χ0n) is 6.81. The summed E-state index contributed by atoms with van der Waals surface area (Å²) in [6, 6.07) is 6.12. The Labute approximate surface area is 74.6 Å². The summed E-state index contributed by atoms with van der Waals surface area (Å²) in [5, 5.41) is 0. The largest absolute Gasteiger partial charge is 0.382 e. The Morgan fingerprint density at radius 3 is 2.46 bits per heavy atom. The first-order chi connectivity index (χ1) is 6.25. The van der Waals surface area contributed by atoms with Gasteiger partial charge < -0.3 is 10.3 Å². The lowest BCUT2D eigenvalue weighted by Gasteiger charge is -1.99. The Bertz CT molecular complexity index is 405. The molecule has 2 rings (SSSR count). The molecule has 1 aromatic carbocycles. The van der Waals surface area contributed by atoms with Crippen LogP contribution in [-0.4, -0.2) is 9.55 Å². The lowest BCUT2D eigenvalue weighted by molar-refractivity contribution is 0.627. The van der Waals surface area contributed by atoms with E-state index in [1.54, 1.807) is 29.2 Å². The minimum Gasteiger partial charge on any atom is -0.382 e. The van der Waals surface area contributed by atoms with Gasteiger partial charge in [0, 0.05) is 5.69 Å². The fraction of sp³-hybridized carbons (Fsp3) is 0. The molecule has 3 nitrogen and oxygen atoms in total. The SMILES string of the molecule is Nc1cn(-c2ccc(F)cc2)cn1. The van der Waals surface area contributed by atoms with Crippen molar-refractivity contribution in [2.24, 2.45) is 0 Å². The van der Waals surface area contributed by atoms with E-state index in [-0.39, 0.29) is 5.82 Å². The second-order valence-corrected chi connectivity index (χ2v) is 2.68. The van der Waals surface area contributed by atoms with Crippen LogP contribution in [0.2, 0.25) is 0 Å². The van der Waals surface area contributed by atoms with Gasteiger partial charge in [-0.2, -0.15) is 0 Å². The Kier molecular flexibility index (Phi) is 1.73. The maximum atomic E-state index is 12.6. The van der Waals surface area contributed by atoms with Crippen molar-refractivity contribution in [1.82, 2.24) is 9.55 Å². The van der Waals surface area contributed by atoms with Gasteiger partial charge in [0.25, 0.3) is 0 Å². The van der Waals surface area contributed by atoms with Gasteiger partial charge in [-0.1, -0.05) is 0 Å². The monoisotopic (exact) mass is 177 g/mol. The first-order valence-corrected chi connectivity index (χ1v) is 3.81. The van der Waals surface area contributed by atoms with Gasteiger partial charge in [-0.05, 0) is 24.3 Å². The van der Waals surface area contributed by atoms with E-state index in [2.05, 4.69) is 4.98 Å². The third-order valence-electron chi connectivity index (χ3n) is 1.73. The summed E-state index contributed by atoms with van der Waals surface area (Å²) >= 11 is 0. The molecule has 0 spiro atoms. The summed E-state index contributed by atoms with van der Waals surface area (Å²) in [5.41, 5.74) is 6.28. The van der Waals surface area contributed by atoms with Crippen LogP contribution in [0.1, 0.15) is 0 Å². The summed E-state index contributed by atoms with van der Waals surface area (Å²) in [4.78, 5) is 3.86. The van der Waals surface area contributed by atoms with E-state index in [0.29, 0.717) is 5.82 Å². The van der Waals surface area contributed by atoms with E-state index >= 15 is 0 Å². The van der Waals surface area contributed by atoms with Crippen LogP contribution in [0.15, 0.2) is 36.8 Å². The van der Waals surface area contributed by atoms with E-state index in [9.17, 15) is 4.39 Å². The van der Waals surface area contributed by atoms with Gasteiger partial charge >= 0.3 is 0 Å². The number of nitrogen functional groups attached to an aromatic ring is 1. The Hall–Kier alpha value is -1.84. The van der Waals surface area contributed by atoms with Crippen LogP contribution in [0, 0.1) is 5.82 Å². The normalized spacial score (nSPS) is 10.2. The highest BCUT2D eigenvalue weighted by Gasteiger charge is 1.97. The van der Waals surface area contributed by atoms with E-state index in [4.69, 9.17) is 5.73 Å². The van der Waals surface area contributed by atoms with Crippen molar-refractivity contribution in [3.63, 3.8) is 0 Å². The summed E-state index contributed by atoms with van der Waals surface area (Å²) < 4.78 is 14.3. The Morgan fingerprint density at radius 2 is 1.92 bits per heavy atom. The van der Waals surface area contributed by atoms with E-state index in [1.165, 1.54) is 12.1 Å². The molecule has 0 unspecified atom stereocenters. The molecule has 0 aliphatic carbocycles. The second kappa shape index (κ2) is 2.90. The van der Waals surface area contributed by atoms with Crippen molar-refractivity contribution in [2.75, 3.05) is 5.73 Å². The highest BCUT2D eigenvalue weighted by Crippen LogP contribution is 2.09. The molecule has 1 heterocycles. The smallest absolute Gasteiger partial charge is 0.141 e. The van der Waals surface area contributed by atoms with E-state index < -0.39 is 0 Å². The summed E-state index contributed by atoms with van der Waals surface area (Å²) in [5.74, 6) is 0.196. The van der Waals surface area contributed by atoms with Crippen molar-refractivity contribution in [2.45, 2.75) is 0 Å². The van der Waals surface area contributed by atoms with Crippen molar-refractivity contribution >= 4 is 5.82 Å². The van der Waals surface area contributed by atoms with Crippen LogP contribution >= 0.6 is 0 Å². The minimum absolute atomic E-state index is 0.253. The number of aromatic nitrogens is 2. The number of anilines is 1. The van der Waals surface area contributed by atoms with Gasteiger partial charge in [-0.25, -0.2) is 9.37 Å². The molecule has 0 aliphatic heterocycles. The maximum Gasteiger partial charge on any atom is 0.141 e. The fourth-order valence-corrected chi connectivity index (χ4v) is 1.09. The third-order valence-corrected chi connectivity index (χ3v) is 1.73. The molecule has 13 heavy (non-hydrogen) atoms. The van der Waals surface area contributed by atoms with Crippen LogP contribution in [0.4, 0.5) is 10.2 Å². The molecule has 0 saturated heterocycles. The molecular weight excluding hydrogens is 169 g/mol. The van der Waals surface area contributed by atoms with Crippen LogP contribution in [0.3, 0.4) is 0 Å². The quantitative estimate of drug-likeness (QED) is 0.718. The molecule has 0 aliphatic rings. The molecule has 66 valence electrons. The van der Waals surface area contributed by atoms with E-state index in [1.807, 2.05) is 0 Å². The van der Waals surface area contributed by atoms with Crippen molar-refractivity contribution in [3.05, 3.63) is 42.6 Å². The topological polar surface area (TPSA) is 43.8 Å². The summed E-state index contributed by atoms with van der Waals surface area (Å²) in [6.45, 7) is 0. The number of nitrogens with zero attached hydrogens (tertiary/aromatic N) is 2. The molecule has 0 saturated carbocycles. The number of nitrogens with two attached hydrogens (primary N) is 1. The zero-order valence-corrected chi connectivity index (χ0v) is 6.81. The zero-order chi connectivity index (χ0) is 9.26. The molecule has 0 fully saturated rings. The van der Waals surface area contributed by atoms with Crippen LogP contribution in [0.25, 0.3) is 5.69 Å². The molecule has 0 amide bonds. The molecular formula is C9H8FN3. The number of rotatable bonds is 1. The van der Waals surface area contributed by atoms with Crippen LogP contribution < -0.4 is 5.73 Å². The first kappa shape index (κ1) is 7.79. The summed E-state index contributed by atoms with van der Waals surface area (Å²) in [7, 11) is 0. The molecule has 2 N–H and O–H groups in total. The molecule has 0 bridgehead atoms. The minimum atomic E-state index is -0.253. The average Bonchev–Trinajstić information content (AvgIpc) is 2.53. The lowest BCUT2D eigenvalue weighted by Crippen LogP contribution is -1.89. The third kappa shape index (κ3) is 1.51. The number of imidazole rings is 1. The van der Waals surface area contributed by atoms with Crippen molar-refractivity contribution in [3.8, 4) is 5.69 Å². The highest BCUT2D eigenvalue weighted by molar-refractivity contribution is 5.36. The molecule has 0 radical (unpaired) electrons. The van der Waals surface area contributed by atoms with Crippen LogP contribution in [0.5, 0.6) is 0 Å². The summed E-state index contributed by atoms with van der Waals surface area (Å²) in [6.07, 6.45) is 3.26. The lowest BCUT2D eigenvalue weighted by atomic mass is 10.3. The van der Waals surface area contributed by atoms with Gasteiger partial charge in [0.15, 0.2) is 0 Å². The number of benzene rings is 1. The second-order valence-electron chi connectivity index (χ2n) is 2.68. The van der Waals surface area contributed by atoms with Crippen molar-refractivity contribution in [1.29, 1.82) is 0 Å². The number of hydrogen-bond donors (Lipinski definition) is 1. The predicted octanol–water partition coefficient (Wildman–Crippen LogP) is 1.59. The van der Waals surface area contributed by atoms with Crippen LogP contribution in [-0.2, 0) is 0 Å². The van der Waals surface area contributed by atoms with Gasteiger partial charge in [0.05, 0.1) is 6.20 Å². The number of hydrogen-bond acceptors (Lipinski definition) is 2.